The summed E-state index contributed by atoms with van der Waals surface area (Å²) >= 11 is 0. The van der Waals surface area contributed by atoms with Crippen molar-refractivity contribution in [2.45, 2.75) is 34.1 Å². The van der Waals surface area contributed by atoms with Crippen LogP contribution >= 0.6 is 0 Å². The van der Waals surface area contributed by atoms with E-state index in [0.717, 1.165) is 28.8 Å². The lowest BCUT2D eigenvalue weighted by atomic mass is 9.94. The Hall–Kier alpha value is -2.89. The number of allylic oxidation sites excluding steroid dienone is 1. The van der Waals surface area contributed by atoms with E-state index in [4.69, 9.17) is 10.5 Å². The van der Waals surface area contributed by atoms with Crippen molar-refractivity contribution in [2.24, 2.45) is 5.92 Å². The van der Waals surface area contributed by atoms with Crippen LogP contribution in [0.1, 0.15) is 44.0 Å². The molecule has 2 rings (SSSR count). The predicted molar refractivity (Wildman–Crippen MR) is 105 cm³/mol. The Morgan fingerprint density at radius 1 is 1.38 bits per heavy atom. The molecule has 0 fully saturated rings. The lowest BCUT2D eigenvalue weighted by Gasteiger charge is -2.15. The molecule has 0 saturated carbocycles. The summed E-state index contributed by atoms with van der Waals surface area (Å²) in [7, 11) is 1.60. The van der Waals surface area contributed by atoms with E-state index >= 15 is 0 Å². The maximum Gasteiger partial charge on any atom is 0.222 e. The van der Waals surface area contributed by atoms with Crippen LogP contribution in [0.25, 0.3) is 5.57 Å². The molecular weight excluding hydrogens is 328 g/mol. The summed E-state index contributed by atoms with van der Waals surface area (Å²) in [5.41, 5.74) is 9.56. The Balaban J connectivity index is 2.65. The van der Waals surface area contributed by atoms with Gasteiger partial charge >= 0.3 is 0 Å². The van der Waals surface area contributed by atoms with Crippen LogP contribution in [0.15, 0.2) is 30.5 Å². The number of rotatable bonds is 6. The zero-order valence-electron chi connectivity index (χ0n) is 16.0. The SMILES string of the molecule is CCC(C)/C=C(/c1cc(OC)cc(N)n1)c1cc(NC(C)=O)ncc1C. The van der Waals surface area contributed by atoms with Gasteiger partial charge in [-0.3, -0.25) is 4.79 Å². The topological polar surface area (TPSA) is 90.1 Å². The first-order valence-corrected chi connectivity index (χ1v) is 8.62. The Morgan fingerprint density at radius 3 is 2.73 bits per heavy atom. The monoisotopic (exact) mass is 354 g/mol. The lowest BCUT2D eigenvalue weighted by molar-refractivity contribution is -0.114. The Kier molecular flexibility index (Phi) is 6.33. The number of carbonyl (C=O) groups excluding carboxylic acids is 1. The van der Waals surface area contributed by atoms with Crippen molar-refractivity contribution in [3.05, 3.63) is 47.3 Å². The number of nitrogens with one attached hydrogen (secondary N) is 1. The van der Waals surface area contributed by atoms with E-state index in [1.807, 2.05) is 19.1 Å². The van der Waals surface area contributed by atoms with E-state index in [1.54, 1.807) is 19.4 Å². The van der Waals surface area contributed by atoms with Crippen molar-refractivity contribution < 1.29 is 9.53 Å². The van der Waals surface area contributed by atoms with Crippen LogP contribution in [0.3, 0.4) is 0 Å². The molecule has 0 saturated heterocycles. The van der Waals surface area contributed by atoms with Gasteiger partial charge in [-0.15, -0.1) is 0 Å². The second kappa shape index (κ2) is 8.47. The van der Waals surface area contributed by atoms with Crippen LogP contribution in [0.4, 0.5) is 11.6 Å². The van der Waals surface area contributed by atoms with E-state index in [0.29, 0.717) is 23.3 Å². The quantitative estimate of drug-likeness (QED) is 0.823. The maximum absolute atomic E-state index is 11.4. The van der Waals surface area contributed by atoms with E-state index in [9.17, 15) is 4.79 Å². The zero-order valence-corrected chi connectivity index (χ0v) is 16.0. The van der Waals surface area contributed by atoms with Crippen molar-refractivity contribution in [3.8, 4) is 5.75 Å². The number of carbonyl (C=O) groups is 1. The average Bonchev–Trinajstić information content (AvgIpc) is 2.60. The Bertz CT molecular complexity index is 831. The lowest BCUT2D eigenvalue weighted by Crippen LogP contribution is -2.09. The third kappa shape index (κ3) is 4.81. The molecule has 0 radical (unpaired) electrons. The number of nitrogens with zero attached hydrogens (tertiary/aromatic N) is 2. The molecule has 0 aliphatic carbocycles. The van der Waals surface area contributed by atoms with Crippen LogP contribution in [-0.2, 0) is 4.79 Å². The van der Waals surface area contributed by atoms with Crippen LogP contribution < -0.4 is 15.8 Å². The van der Waals surface area contributed by atoms with Crippen molar-refractivity contribution in [2.75, 3.05) is 18.2 Å². The number of amides is 1. The van der Waals surface area contributed by atoms with E-state index in [2.05, 4.69) is 35.2 Å². The van der Waals surface area contributed by atoms with E-state index in [1.165, 1.54) is 6.92 Å². The summed E-state index contributed by atoms with van der Waals surface area (Å²) < 4.78 is 5.34. The number of ether oxygens (including phenoxy) is 1. The molecule has 0 bridgehead atoms. The zero-order chi connectivity index (χ0) is 19.3. The normalized spacial score (nSPS) is 12.6. The fourth-order valence-electron chi connectivity index (χ4n) is 2.56. The molecular formula is C20H26N4O2. The molecule has 26 heavy (non-hydrogen) atoms. The van der Waals surface area contributed by atoms with Crippen molar-refractivity contribution in [1.29, 1.82) is 0 Å². The van der Waals surface area contributed by atoms with Gasteiger partial charge in [0.2, 0.25) is 5.91 Å². The van der Waals surface area contributed by atoms with Gasteiger partial charge in [0.25, 0.3) is 0 Å². The molecule has 2 heterocycles. The highest BCUT2D eigenvalue weighted by molar-refractivity contribution is 5.89. The van der Waals surface area contributed by atoms with Crippen molar-refractivity contribution in [1.82, 2.24) is 9.97 Å². The second-order valence-corrected chi connectivity index (χ2v) is 6.35. The first kappa shape index (κ1) is 19.4. The van der Waals surface area contributed by atoms with Gasteiger partial charge < -0.3 is 15.8 Å². The molecule has 1 atom stereocenters. The standard InChI is InChI=1S/C20H26N4O2/c1-6-12(2)7-17(18-8-15(26-5)9-19(21)24-18)16-10-20(23-14(4)25)22-11-13(16)3/h7-12H,6H2,1-5H3,(H2,21,24)(H,22,23,25)/b17-7+. The summed E-state index contributed by atoms with van der Waals surface area (Å²) in [6, 6.07) is 5.41. The third-order valence-corrected chi connectivity index (χ3v) is 4.12. The van der Waals surface area contributed by atoms with Crippen LogP contribution in [0.5, 0.6) is 5.75 Å². The van der Waals surface area contributed by atoms with Gasteiger partial charge in [-0.25, -0.2) is 9.97 Å². The van der Waals surface area contributed by atoms with Crippen LogP contribution in [-0.4, -0.2) is 23.0 Å². The number of methoxy groups -OCH3 is 1. The minimum atomic E-state index is -0.163. The molecule has 1 unspecified atom stereocenters. The molecule has 0 aliphatic heterocycles. The number of hydrogen-bond donors (Lipinski definition) is 2. The molecule has 1 amide bonds. The predicted octanol–water partition coefficient (Wildman–Crippen LogP) is 3.81. The number of nitrogens with two attached hydrogens (primary N) is 1. The Labute approximate surface area is 154 Å². The van der Waals surface area contributed by atoms with E-state index in [-0.39, 0.29) is 5.91 Å². The van der Waals surface area contributed by atoms with Gasteiger partial charge in [0.15, 0.2) is 0 Å². The number of aryl methyl sites for hydroxylation is 1. The van der Waals surface area contributed by atoms with Crippen molar-refractivity contribution in [3.63, 3.8) is 0 Å². The molecule has 2 aromatic rings. The highest BCUT2D eigenvalue weighted by atomic mass is 16.5. The van der Waals surface area contributed by atoms with Crippen LogP contribution in [0, 0.1) is 12.8 Å². The summed E-state index contributed by atoms with van der Waals surface area (Å²) in [5.74, 6) is 1.73. The van der Waals surface area contributed by atoms with E-state index < -0.39 is 0 Å². The molecule has 0 spiro atoms. The molecule has 3 N–H and O–H groups in total. The maximum atomic E-state index is 11.4. The first-order valence-electron chi connectivity index (χ1n) is 8.62. The van der Waals surface area contributed by atoms with Crippen LogP contribution in [0.2, 0.25) is 0 Å². The summed E-state index contributed by atoms with van der Waals surface area (Å²) in [4.78, 5) is 20.2. The Morgan fingerprint density at radius 2 is 2.12 bits per heavy atom. The number of hydrogen-bond acceptors (Lipinski definition) is 5. The number of nitrogen functional groups attached to an aromatic ring is 1. The summed E-state index contributed by atoms with van der Waals surface area (Å²) in [5, 5.41) is 2.73. The van der Waals surface area contributed by atoms with Gasteiger partial charge in [-0.2, -0.15) is 0 Å². The first-order chi connectivity index (χ1) is 12.3. The van der Waals surface area contributed by atoms with Gasteiger partial charge in [0.05, 0.1) is 12.8 Å². The molecule has 6 heteroatoms. The smallest absolute Gasteiger partial charge is 0.222 e. The fraction of sp³-hybridized carbons (Fsp3) is 0.350. The molecule has 0 aromatic carbocycles. The van der Waals surface area contributed by atoms with Gasteiger partial charge in [0, 0.05) is 30.8 Å². The highest BCUT2D eigenvalue weighted by Crippen LogP contribution is 2.31. The summed E-state index contributed by atoms with van der Waals surface area (Å²) in [6.07, 6.45) is 4.90. The van der Waals surface area contributed by atoms with Gasteiger partial charge in [-0.05, 0) is 30.0 Å². The van der Waals surface area contributed by atoms with Gasteiger partial charge in [0.1, 0.15) is 17.4 Å². The molecule has 0 aliphatic rings. The molecule has 138 valence electrons. The fourth-order valence-corrected chi connectivity index (χ4v) is 2.56. The number of pyridine rings is 2. The minimum Gasteiger partial charge on any atom is -0.497 e. The number of anilines is 2. The average molecular weight is 354 g/mol. The largest absolute Gasteiger partial charge is 0.497 e. The summed E-state index contributed by atoms with van der Waals surface area (Å²) in [6.45, 7) is 7.72. The van der Waals surface area contributed by atoms with Crippen molar-refractivity contribution >= 4 is 23.1 Å². The molecule has 2 aromatic heterocycles. The minimum absolute atomic E-state index is 0.163. The van der Waals surface area contributed by atoms with Gasteiger partial charge in [-0.1, -0.05) is 26.3 Å². The highest BCUT2D eigenvalue weighted by Gasteiger charge is 2.15. The second-order valence-electron chi connectivity index (χ2n) is 6.35. The molecule has 6 nitrogen and oxygen atoms in total. The number of aromatic nitrogens is 2. The third-order valence-electron chi connectivity index (χ3n) is 4.12.